The molecule has 23 aromatic rings. The number of benzene rings is 21. The Labute approximate surface area is 744 Å². The van der Waals surface area contributed by atoms with Crippen LogP contribution in [0.5, 0.6) is 0 Å². The van der Waals surface area contributed by atoms with Crippen LogP contribution in [0.15, 0.2) is 485 Å². The molecule has 2 heterocycles. The minimum absolute atomic E-state index is 0.858. The normalized spacial score (nSPS) is 12.2. The molecule has 0 atom stereocenters. The lowest BCUT2D eigenvalue weighted by atomic mass is 9.88. The van der Waals surface area contributed by atoms with E-state index in [9.17, 15) is 0 Å². The molecule has 0 N–H and O–H groups in total. The minimum atomic E-state index is 0.858. The Morgan fingerprint density at radius 1 is 0.172 bits per heavy atom. The molecular formula is C124H84N4. The number of rotatable bonds is 17. The van der Waals surface area contributed by atoms with Gasteiger partial charge in [0.25, 0.3) is 0 Å². The lowest BCUT2D eigenvalue weighted by molar-refractivity contribution is 0.992. The van der Waals surface area contributed by atoms with E-state index in [0.29, 0.717) is 0 Å². The molecule has 1 aliphatic carbocycles. The van der Waals surface area contributed by atoms with Gasteiger partial charge in [0.2, 0.25) is 0 Å². The number of anilines is 6. The number of aromatic nitrogens is 2. The highest BCUT2D eigenvalue weighted by atomic mass is 15.1. The molecule has 24 rings (SSSR count). The van der Waals surface area contributed by atoms with Gasteiger partial charge in [-0.05, 0) is 278 Å². The van der Waals surface area contributed by atoms with Crippen molar-refractivity contribution in [1.29, 1.82) is 0 Å². The van der Waals surface area contributed by atoms with Gasteiger partial charge in [-0.2, -0.15) is 0 Å². The number of para-hydroxylation sites is 4. The van der Waals surface area contributed by atoms with Crippen LogP contribution in [0.4, 0.5) is 34.1 Å². The molecule has 0 aliphatic heterocycles. The van der Waals surface area contributed by atoms with E-state index in [-0.39, 0.29) is 0 Å². The number of allylic oxidation sites excluding steroid dienone is 4. The van der Waals surface area contributed by atoms with Crippen LogP contribution >= 0.6 is 0 Å². The van der Waals surface area contributed by atoms with Crippen molar-refractivity contribution in [2.24, 2.45) is 0 Å². The number of hydrogen-bond donors (Lipinski definition) is 0. The average molecular weight is 1630 g/mol. The quantitative estimate of drug-likeness (QED) is 0.0845. The Hall–Kier alpha value is -16.7. The standard InChI is InChI=1S/C124H84N4/c1-5-28-83(29-6-1)91-37-27-38-100(76-91)125(96-63-54-87(55-64-96)105-75-72-102(82-119(105)86-34-11-4-12-35-86)128-122-50-25-20-45-111(122)112-46-21-26-51-123(112)128)97-65-58-89(59-66-97)116-79-95-53-52-92(77-117(95)110-44-18-17-43-109(110)116)93-62-73-114-113-47-22-24-49-121(113)127(124(114)80-93)99-69-56-88(57-70-99)104-74-71-101(81-118(104)85-32-9-3-10-33-85)126(120-48-23-19-40-106(120)84-30-7-2-8-31-84)98-67-60-90(61-68-98)115-78-94-36-13-14-39-103(94)107-41-15-16-42-108(107)115/h1-56,58-69,71-82H,57,70H2. The van der Waals surface area contributed by atoms with Crippen molar-refractivity contribution >= 4 is 132 Å². The first-order chi connectivity index (χ1) is 63.5. The molecule has 0 spiro atoms. The molecule has 0 radical (unpaired) electrons. The molecule has 0 saturated heterocycles. The van der Waals surface area contributed by atoms with Gasteiger partial charge in [0.1, 0.15) is 0 Å². The maximum atomic E-state index is 2.54. The molecular weight excluding hydrogens is 1550 g/mol. The predicted molar refractivity (Wildman–Crippen MR) is 545 cm³/mol. The van der Waals surface area contributed by atoms with Gasteiger partial charge in [0.05, 0.1) is 27.8 Å². The van der Waals surface area contributed by atoms with E-state index < -0.39 is 0 Å². The molecule has 0 amide bonds. The highest BCUT2D eigenvalue weighted by Gasteiger charge is 2.26. The zero-order chi connectivity index (χ0) is 84.5. The predicted octanol–water partition coefficient (Wildman–Crippen LogP) is 34.5. The summed E-state index contributed by atoms with van der Waals surface area (Å²) < 4.78 is 4.95. The molecule has 2 aromatic heterocycles. The van der Waals surface area contributed by atoms with Crippen LogP contribution in [0.25, 0.3) is 193 Å². The third-order valence-electron chi connectivity index (χ3n) is 26.4. The zero-order valence-electron chi connectivity index (χ0n) is 70.4. The summed E-state index contributed by atoms with van der Waals surface area (Å²) in [5, 5.41) is 14.9. The summed E-state index contributed by atoms with van der Waals surface area (Å²) in [4.78, 5) is 4.86. The van der Waals surface area contributed by atoms with E-state index in [1.165, 1.54) is 165 Å². The third-order valence-corrected chi connectivity index (χ3v) is 26.4. The second kappa shape index (κ2) is 31.9. The Kier molecular flexibility index (Phi) is 18.7. The topological polar surface area (TPSA) is 16.3 Å². The van der Waals surface area contributed by atoms with Gasteiger partial charge >= 0.3 is 0 Å². The lowest BCUT2D eigenvalue weighted by Crippen LogP contribution is -2.12. The minimum Gasteiger partial charge on any atom is -0.313 e. The SMILES string of the molecule is C1=C(c2ccc(N(c3ccc(-c4cc5ccccc5c5ccccc45)cc3)c3ccccc3-c3ccccc3)cc2-c2ccccc2)CCC(n2c3ccccc3c3ccc(-c4ccc5cc(-c6ccc(N(c7ccc(-c8ccc(-n9c%10ccccc%10c%10ccccc%109)cc8-c8ccccc8)cc7)c7cccc(-c8ccccc8)c7)cc6)c6ccccc6c5c4)cc32)=C1. The summed E-state index contributed by atoms with van der Waals surface area (Å²) in [6.45, 7) is 0. The van der Waals surface area contributed by atoms with Gasteiger partial charge in [-0.25, -0.2) is 0 Å². The Morgan fingerprint density at radius 3 is 1.17 bits per heavy atom. The average Bonchev–Trinajstić information content (AvgIpc) is 1.56. The lowest BCUT2D eigenvalue weighted by Gasteiger charge is -2.29. The molecule has 600 valence electrons. The maximum absolute atomic E-state index is 2.54. The first kappa shape index (κ1) is 75.1. The van der Waals surface area contributed by atoms with Gasteiger partial charge in [-0.3, -0.25) is 0 Å². The van der Waals surface area contributed by atoms with Crippen LogP contribution in [-0.4, -0.2) is 9.13 Å². The second-order valence-corrected chi connectivity index (χ2v) is 33.7. The van der Waals surface area contributed by atoms with Crippen LogP contribution in [-0.2, 0) is 0 Å². The summed E-state index contributed by atoms with van der Waals surface area (Å²) in [5.41, 5.74) is 35.0. The van der Waals surface area contributed by atoms with Gasteiger partial charge in [-0.1, -0.05) is 358 Å². The molecule has 1 aliphatic rings. The molecule has 0 saturated carbocycles. The van der Waals surface area contributed by atoms with Gasteiger partial charge in [0.15, 0.2) is 0 Å². The monoisotopic (exact) mass is 1630 g/mol. The van der Waals surface area contributed by atoms with Crippen LogP contribution < -0.4 is 9.80 Å². The number of fused-ring (bicyclic) bond motifs is 12. The van der Waals surface area contributed by atoms with Crippen molar-refractivity contribution < 1.29 is 0 Å². The molecule has 21 aromatic carbocycles. The van der Waals surface area contributed by atoms with Gasteiger partial charge < -0.3 is 18.9 Å². The van der Waals surface area contributed by atoms with Gasteiger partial charge in [0, 0.05) is 66.9 Å². The highest BCUT2D eigenvalue weighted by molar-refractivity contribution is 6.17. The fraction of sp³-hybridized carbons (Fsp3) is 0.0161. The smallest absolute Gasteiger partial charge is 0.0544 e. The molecule has 0 fully saturated rings. The van der Waals surface area contributed by atoms with Crippen molar-refractivity contribution in [3.05, 3.63) is 491 Å². The molecule has 0 bridgehead atoms. The van der Waals surface area contributed by atoms with Crippen molar-refractivity contribution in [2.75, 3.05) is 9.80 Å². The summed E-state index contributed by atoms with van der Waals surface area (Å²) in [7, 11) is 0. The largest absolute Gasteiger partial charge is 0.313 e. The van der Waals surface area contributed by atoms with E-state index in [0.717, 1.165) is 80.5 Å². The Balaban J connectivity index is 0.558. The summed E-state index contributed by atoms with van der Waals surface area (Å²) in [5.74, 6) is 0. The maximum Gasteiger partial charge on any atom is 0.0544 e. The van der Waals surface area contributed by atoms with E-state index >= 15 is 0 Å². The van der Waals surface area contributed by atoms with Crippen molar-refractivity contribution in [2.45, 2.75) is 12.8 Å². The second-order valence-electron chi connectivity index (χ2n) is 33.7. The van der Waals surface area contributed by atoms with Crippen LogP contribution in [0.3, 0.4) is 0 Å². The number of hydrogen-bond acceptors (Lipinski definition) is 2. The first-order valence-corrected chi connectivity index (χ1v) is 44.4. The van der Waals surface area contributed by atoms with Crippen LogP contribution in [0.2, 0.25) is 0 Å². The Morgan fingerprint density at radius 2 is 0.578 bits per heavy atom. The summed E-state index contributed by atoms with van der Waals surface area (Å²) >= 11 is 0. The van der Waals surface area contributed by atoms with Crippen LogP contribution in [0.1, 0.15) is 18.4 Å². The summed E-state index contributed by atoms with van der Waals surface area (Å²) in [6.07, 6.45) is 6.52. The van der Waals surface area contributed by atoms with Crippen LogP contribution in [0, 0.1) is 0 Å². The highest BCUT2D eigenvalue weighted by Crippen LogP contribution is 2.50. The van der Waals surface area contributed by atoms with E-state index in [2.05, 4.69) is 504 Å². The fourth-order valence-electron chi connectivity index (χ4n) is 20.3. The zero-order valence-corrected chi connectivity index (χ0v) is 70.4. The molecule has 128 heavy (non-hydrogen) atoms. The van der Waals surface area contributed by atoms with E-state index in [4.69, 9.17) is 0 Å². The third kappa shape index (κ3) is 13.3. The number of nitrogens with zero attached hydrogens (tertiary/aromatic N) is 4. The summed E-state index contributed by atoms with van der Waals surface area (Å²) in [6, 6.07) is 175. The first-order valence-electron chi connectivity index (χ1n) is 44.4. The van der Waals surface area contributed by atoms with E-state index in [1.807, 2.05) is 0 Å². The van der Waals surface area contributed by atoms with Crippen molar-refractivity contribution in [1.82, 2.24) is 9.13 Å². The van der Waals surface area contributed by atoms with Gasteiger partial charge in [-0.15, -0.1) is 0 Å². The molecule has 4 nitrogen and oxygen atoms in total. The van der Waals surface area contributed by atoms with E-state index in [1.54, 1.807) is 0 Å². The van der Waals surface area contributed by atoms with Crippen molar-refractivity contribution in [3.8, 4) is 94.7 Å². The molecule has 0 unspecified atom stereocenters. The molecule has 4 heteroatoms. The fourth-order valence-corrected chi connectivity index (χ4v) is 20.3. The Bertz CT molecular complexity index is 8270. The van der Waals surface area contributed by atoms with Crippen molar-refractivity contribution in [3.63, 3.8) is 0 Å².